The maximum absolute atomic E-state index is 12.2. The van der Waals surface area contributed by atoms with E-state index in [0.29, 0.717) is 16.4 Å². The van der Waals surface area contributed by atoms with Gasteiger partial charge in [0.25, 0.3) is 5.91 Å². The lowest BCUT2D eigenvalue weighted by molar-refractivity contribution is 0.102. The van der Waals surface area contributed by atoms with E-state index in [1.807, 2.05) is 6.07 Å². The Hall–Kier alpha value is -2.33. The fourth-order valence-corrected chi connectivity index (χ4v) is 3.12. The summed E-state index contributed by atoms with van der Waals surface area (Å²) in [6.07, 6.45) is 10.3. The molecule has 0 aliphatic heterocycles. The average molecular weight is 356 g/mol. The zero-order valence-electron chi connectivity index (χ0n) is 14.1. The quantitative estimate of drug-likeness (QED) is 0.692. The summed E-state index contributed by atoms with van der Waals surface area (Å²) in [6.45, 7) is 0.902. The zero-order chi connectivity index (χ0) is 17.5. The van der Waals surface area contributed by atoms with Gasteiger partial charge in [0, 0.05) is 6.54 Å². The predicted molar refractivity (Wildman–Crippen MR) is 103 cm³/mol. The summed E-state index contributed by atoms with van der Waals surface area (Å²) in [6, 6.07) is 10.7. The van der Waals surface area contributed by atoms with Crippen LogP contribution in [0.1, 0.15) is 42.5 Å². The van der Waals surface area contributed by atoms with Gasteiger partial charge < -0.3 is 10.6 Å². The number of hydrogen-bond donors (Lipinski definition) is 2. The van der Waals surface area contributed by atoms with Crippen LogP contribution in [-0.4, -0.2) is 17.4 Å². The fourth-order valence-electron chi connectivity index (χ4n) is 2.90. The third-order valence-electron chi connectivity index (χ3n) is 4.28. The van der Waals surface area contributed by atoms with Crippen LogP contribution in [0.25, 0.3) is 0 Å². The number of allylic oxidation sites excluding steroid dienone is 1. The van der Waals surface area contributed by atoms with E-state index in [4.69, 9.17) is 11.6 Å². The molecule has 0 fully saturated rings. The van der Waals surface area contributed by atoms with Crippen LogP contribution in [0.15, 0.2) is 54.2 Å². The number of rotatable bonds is 6. The highest BCUT2D eigenvalue weighted by Crippen LogP contribution is 2.20. The van der Waals surface area contributed by atoms with Crippen molar-refractivity contribution in [1.29, 1.82) is 0 Å². The highest BCUT2D eigenvalue weighted by Gasteiger charge is 2.10. The van der Waals surface area contributed by atoms with Crippen LogP contribution in [0.4, 0.5) is 11.5 Å². The molecule has 4 nitrogen and oxygen atoms in total. The first kappa shape index (κ1) is 17.5. The molecular formula is C20H22ClN3O. The Morgan fingerprint density at radius 1 is 1.16 bits per heavy atom. The van der Waals surface area contributed by atoms with Crippen molar-refractivity contribution in [2.24, 2.45) is 0 Å². The van der Waals surface area contributed by atoms with E-state index < -0.39 is 0 Å². The van der Waals surface area contributed by atoms with E-state index >= 15 is 0 Å². The summed E-state index contributed by atoms with van der Waals surface area (Å²) in [5.41, 5.74) is 2.94. The van der Waals surface area contributed by atoms with Crippen LogP contribution in [0, 0.1) is 0 Å². The number of amides is 1. The smallest absolute Gasteiger partial charge is 0.258 e. The lowest BCUT2D eigenvalue weighted by Crippen LogP contribution is -2.13. The molecule has 2 N–H and O–H groups in total. The maximum Gasteiger partial charge on any atom is 0.258 e. The molecular weight excluding hydrogens is 334 g/mol. The molecule has 1 heterocycles. The molecule has 1 amide bonds. The number of nitrogens with one attached hydrogen (secondary N) is 2. The molecule has 0 bridgehead atoms. The van der Waals surface area contributed by atoms with Gasteiger partial charge in [0.1, 0.15) is 5.82 Å². The number of aromatic nitrogens is 1. The second-order valence-corrected chi connectivity index (χ2v) is 6.56. The van der Waals surface area contributed by atoms with Gasteiger partial charge in [-0.25, -0.2) is 4.98 Å². The molecule has 0 unspecified atom stereocenters. The molecule has 1 aromatic heterocycles. The number of carbonyl (C=O) groups excluding carboxylic acids is 1. The average Bonchev–Trinajstić information content (AvgIpc) is 2.64. The molecule has 5 heteroatoms. The van der Waals surface area contributed by atoms with Crippen LogP contribution < -0.4 is 10.6 Å². The predicted octanol–water partition coefficient (Wildman–Crippen LogP) is 5.29. The number of nitrogens with zero attached hydrogens (tertiary/aromatic N) is 1. The van der Waals surface area contributed by atoms with Crippen LogP contribution in [0.5, 0.6) is 0 Å². The number of hydrogen-bond acceptors (Lipinski definition) is 3. The van der Waals surface area contributed by atoms with Gasteiger partial charge >= 0.3 is 0 Å². The molecule has 1 aliphatic rings. The van der Waals surface area contributed by atoms with E-state index in [9.17, 15) is 4.79 Å². The van der Waals surface area contributed by atoms with Crippen molar-refractivity contribution in [3.8, 4) is 0 Å². The van der Waals surface area contributed by atoms with Crippen LogP contribution >= 0.6 is 11.6 Å². The highest BCUT2D eigenvalue weighted by molar-refractivity contribution is 6.34. The fraction of sp³-hybridized carbons (Fsp3) is 0.300. The molecule has 1 aliphatic carbocycles. The second kappa shape index (κ2) is 8.67. The molecule has 0 saturated heterocycles. The van der Waals surface area contributed by atoms with E-state index in [-0.39, 0.29) is 5.91 Å². The first-order valence-corrected chi connectivity index (χ1v) is 9.04. The van der Waals surface area contributed by atoms with Gasteiger partial charge in [0.2, 0.25) is 0 Å². The summed E-state index contributed by atoms with van der Waals surface area (Å²) in [5.74, 6) is 0.244. The lowest BCUT2D eigenvalue weighted by atomic mass is 9.97. The maximum atomic E-state index is 12.2. The molecule has 0 atom stereocenters. The minimum Gasteiger partial charge on any atom is -0.383 e. The molecule has 0 saturated carbocycles. The zero-order valence-corrected chi connectivity index (χ0v) is 14.9. The standard InChI is InChI=1S/C20H22ClN3O/c21-18-9-5-4-8-17(18)20(25)24-19-11-10-16(14-23-19)22-13-12-15-6-2-1-3-7-15/h4-6,8-11,14,22H,1-3,7,12-13H2,(H,23,24,25). The highest BCUT2D eigenvalue weighted by atomic mass is 35.5. The Balaban J connectivity index is 1.51. The van der Waals surface area contributed by atoms with Crippen molar-refractivity contribution >= 4 is 29.0 Å². The van der Waals surface area contributed by atoms with Gasteiger partial charge in [-0.1, -0.05) is 35.4 Å². The third kappa shape index (κ3) is 5.07. The minimum atomic E-state index is -0.261. The van der Waals surface area contributed by atoms with E-state index in [1.54, 1.807) is 42.1 Å². The van der Waals surface area contributed by atoms with Gasteiger partial charge in [-0.3, -0.25) is 4.79 Å². The number of halogens is 1. The number of benzene rings is 1. The van der Waals surface area contributed by atoms with Crippen molar-refractivity contribution in [2.45, 2.75) is 32.1 Å². The van der Waals surface area contributed by atoms with Gasteiger partial charge in [0.15, 0.2) is 0 Å². The van der Waals surface area contributed by atoms with Crippen molar-refractivity contribution in [2.75, 3.05) is 17.2 Å². The van der Waals surface area contributed by atoms with Gasteiger partial charge in [-0.05, 0) is 56.4 Å². The molecule has 3 rings (SSSR count). The molecule has 25 heavy (non-hydrogen) atoms. The number of carbonyl (C=O) groups is 1. The first-order chi connectivity index (χ1) is 12.2. The first-order valence-electron chi connectivity index (χ1n) is 8.66. The number of anilines is 2. The molecule has 130 valence electrons. The summed E-state index contributed by atoms with van der Waals surface area (Å²) in [7, 11) is 0. The van der Waals surface area contributed by atoms with Gasteiger partial charge in [0.05, 0.1) is 22.5 Å². The van der Waals surface area contributed by atoms with Gasteiger partial charge in [-0.15, -0.1) is 0 Å². The van der Waals surface area contributed by atoms with Crippen molar-refractivity contribution < 1.29 is 4.79 Å². The minimum absolute atomic E-state index is 0.261. The Bertz CT molecular complexity index is 756. The molecule has 0 spiro atoms. The van der Waals surface area contributed by atoms with E-state index in [2.05, 4.69) is 21.7 Å². The van der Waals surface area contributed by atoms with Crippen molar-refractivity contribution in [3.63, 3.8) is 0 Å². The monoisotopic (exact) mass is 355 g/mol. The number of pyridine rings is 1. The Morgan fingerprint density at radius 2 is 2.04 bits per heavy atom. The summed E-state index contributed by atoms with van der Waals surface area (Å²) in [5, 5.41) is 6.57. The van der Waals surface area contributed by atoms with Crippen LogP contribution in [0.3, 0.4) is 0 Å². The SMILES string of the molecule is O=C(Nc1ccc(NCCC2=CCCCC2)cn1)c1ccccc1Cl. The topological polar surface area (TPSA) is 54.0 Å². The Morgan fingerprint density at radius 3 is 2.76 bits per heavy atom. The lowest BCUT2D eigenvalue weighted by Gasteiger charge is -2.13. The van der Waals surface area contributed by atoms with E-state index in [0.717, 1.165) is 18.7 Å². The largest absolute Gasteiger partial charge is 0.383 e. The molecule has 1 aromatic carbocycles. The van der Waals surface area contributed by atoms with Gasteiger partial charge in [-0.2, -0.15) is 0 Å². The molecule has 2 aromatic rings. The Labute approximate surface area is 153 Å². The third-order valence-corrected chi connectivity index (χ3v) is 4.61. The summed E-state index contributed by atoms with van der Waals surface area (Å²) < 4.78 is 0. The van der Waals surface area contributed by atoms with E-state index in [1.165, 1.54) is 25.7 Å². The van der Waals surface area contributed by atoms with Crippen molar-refractivity contribution in [1.82, 2.24) is 4.98 Å². The Kier molecular flexibility index (Phi) is 6.07. The van der Waals surface area contributed by atoms with Crippen molar-refractivity contribution in [3.05, 3.63) is 64.8 Å². The van der Waals surface area contributed by atoms with Crippen LogP contribution in [0.2, 0.25) is 5.02 Å². The summed E-state index contributed by atoms with van der Waals surface area (Å²) in [4.78, 5) is 16.5. The normalized spacial score (nSPS) is 13.9. The van der Waals surface area contributed by atoms with Crippen LogP contribution in [-0.2, 0) is 0 Å². The summed E-state index contributed by atoms with van der Waals surface area (Å²) >= 11 is 6.04. The second-order valence-electron chi connectivity index (χ2n) is 6.15. The molecule has 0 radical (unpaired) electrons.